The highest BCUT2D eigenvalue weighted by atomic mass is 35.5. The molecule has 0 saturated heterocycles. The van der Waals surface area contributed by atoms with E-state index in [0.717, 1.165) is 37.6 Å². The second-order valence-corrected chi connectivity index (χ2v) is 4.52. The summed E-state index contributed by atoms with van der Waals surface area (Å²) in [6.07, 6.45) is 6.70. The lowest BCUT2D eigenvalue weighted by Crippen LogP contribution is -2.16. The Bertz CT molecular complexity index is 518. The third kappa shape index (κ3) is 5.28. The van der Waals surface area contributed by atoms with Gasteiger partial charge in [-0.2, -0.15) is 0 Å². The number of methoxy groups -OCH3 is 2. The first-order valence-electron chi connectivity index (χ1n) is 6.71. The summed E-state index contributed by atoms with van der Waals surface area (Å²) in [4.78, 5) is 4.02. The highest BCUT2D eigenvalue weighted by Crippen LogP contribution is 2.27. The normalized spacial score (nSPS) is 10.0. The number of aromatic nitrogens is 2. The third-order valence-electron chi connectivity index (χ3n) is 3.11. The molecule has 0 aliphatic heterocycles. The van der Waals surface area contributed by atoms with Crippen LogP contribution in [0.1, 0.15) is 12.0 Å². The van der Waals surface area contributed by atoms with Gasteiger partial charge >= 0.3 is 0 Å². The molecular formula is C15H22ClN3O2. The maximum absolute atomic E-state index is 5.29. The Hall–Kier alpha value is -1.72. The average Bonchev–Trinajstić information content (AvgIpc) is 3.00. The Balaban J connectivity index is 0.00000220. The molecule has 0 amide bonds. The number of imidazole rings is 1. The topological polar surface area (TPSA) is 48.3 Å². The maximum Gasteiger partial charge on any atom is 0.161 e. The molecular weight excluding hydrogens is 290 g/mol. The van der Waals surface area contributed by atoms with Gasteiger partial charge in [-0.25, -0.2) is 4.98 Å². The molecule has 0 spiro atoms. The van der Waals surface area contributed by atoms with Crippen LogP contribution < -0.4 is 14.8 Å². The van der Waals surface area contributed by atoms with Crippen molar-refractivity contribution in [3.63, 3.8) is 0 Å². The maximum atomic E-state index is 5.29. The first-order chi connectivity index (χ1) is 9.83. The van der Waals surface area contributed by atoms with Crippen LogP contribution in [0.2, 0.25) is 0 Å². The van der Waals surface area contributed by atoms with Crippen LogP contribution in [0.3, 0.4) is 0 Å². The molecule has 6 heteroatoms. The zero-order valence-electron chi connectivity index (χ0n) is 12.4. The Morgan fingerprint density at radius 3 is 2.67 bits per heavy atom. The first-order valence-corrected chi connectivity index (χ1v) is 6.71. The molecule has 0 aliphatic rings. The predicted molar refractivity (Wildman–Crippen MR) is 85.3 cm³/mol. The summed E-state index contributed by atoms with van der Waals surface area (Å²) >= 11 is 0. The van der Waals surface area contributed by atoms with E-state index >= 15 is 0 Å². The van der Waals surface area contributed by atoms with Gasteiger partial charge in [0.1, 0.15) is 0 Å². The van der Waals surface area contributed by atoms with Crippen molar-refractivity contribution < 1.29 is 9.47 Å². The molecule has 2 aromatic rings. The van der Waals surface area contributed by atoms with Crippen LogP contribution in [0.4, 0.5) is 0 Å². The monoisotopic (exact) mass is 311 g/mol. The van der Waals surface area contributed by atoms with Crippen LogP contribution in [0, 0.1) is 0 Å². The van der Waals surface area contributed by atoms with Gasteiger partial charge in [-0.3, -0.25) is 0 Å². The van der Waals surface area contributed by atoms with Crippen LogP contribution in [0.5, 0.6) is 11.5 Å². The molecule has 1 heterocycles. The minimum Gasteiger partial charge on any atom is -0.493 e. The lowest BCUT2D eigenvalue weighted by atomic mass is 10.2. The minimum absolute atomic E-state index is 0. The van der Waals surface area contributed by atoms with Crippen LogP contribution in [0.25, 0.3) is 0 Å². The molecule has 0 radical (unpaired) electrons. The fourth-order valence-electron chi connectivity index (χ4n) is 2.03. The van der Waals surface area contributed by atoms with Crippen molar-refractivity contribution in [2.45, 2.75) is 19.5 Å². The van der Waals surface area contributed by atoms with Gasteiger partial charge in [0.05, 0.1) is 20.5 Å². The Morgan fingerprint density at radius 1 is 1.19 bits per heavy atom. The summed E-state index contributed by atoms with van der Waals surface area (Å²) in [5.41, 5.74) is 1.19. The fourth-order valence-corrected chi connectivity index (χ4v) is 2.03. The smallest absolute Gasteiger partial charge is 0.161 e. The molecule has 116 valence electrons. The largest absolute Gasteiger partial charge is 0.493 e. The van der Waals surface area contributed by atoms with Crippen molar-refractivity contribution in [3.8, 4) is 11.5 Å². The van der Waals surface area contributed by atoms with Gasteiger partial charge in [0.2, 0.25) is 0 Å². The van der Waals surface area contributed by atoms with Gasteiger partial charge in [-0.1, -0.05) is 6.07 Å². The van der Waals surface area contributed by atoms with Gasteiger partial charge in [0.15, 0.2) is 11.5 Å². The molecule has 1 aromatic carbocycles. The molecule has 5 nitrogen and oxygen atoms in total. The second kappa shape index (κ2) is 9.26. The molecule has 1 aromatic heterocycles. The van der Waals surface area contributed by atoms with Crippen LogP contribution in [-0.2, 0) is 13.1 Å². The predicted octanol–water partition coefficient (Wildman–Crippen LogP) is 2.50. The number of halogens is 1. The van der Waals surface area contributed by atoms with E-state index in [-0.39, 0.29) is 12.4 Å². The Morgan fingerprint density at radius 2 is 2.00 bits per heavy atom. The summed E-state index contributed by atoms with van der Waals surface area (Å²) in [6.45, 7) is 2.77. The van der Waals surface area contributed by atoms with Crippen LogP contribution in [0.15, 0.2) is 36.9 Å². The van der Waals surface area contributed by atoms with Gasteiger partial charge in [0.25, 0.3) is 0 Å². The standard InChI is InChI=1S/C15H21N3O2.ClH/c1-19-14-5-4-13(10-15(14)20-2)11-16-6-3-8-18-9-7-17-12-18;/h4-5,7,9-10,12,16H,3,6,8,11H2,1-2H3;1H. The van der Waals surface area contributed by atoms with Gasteiger partial charge in [0, 0.05) is 25.5 Å². The number of nitrogens with one attached hydrogen (secondary N) is 1. The van der Waals surface area contributed by atoms with E-state index in [1.165, 1.54) is 5.56 Å². The quantitative estimate of drug-likeness (QED) is 0.761. The summed E-state index contributed by atoms with van der Waals surface area (Å²) in [7, 11) is 3.30. The van der Waals surface area contributed by atoms with E-state index in [0.29, 0.717) is 0 Å². The SMILES string of the molecule is COc1ccc(CNCCCn2ccnc2)cc1OC.Cl. The Kier molecular flexibility index (Phi) is 7.64. The van der Waals surface area contributed by atoms with E-state index in [2.05, 4.69) is 14.9 Å². The fraction of sp³-hybridized carbons (Fsp3) is 0.400. The lowest BCUT2D eigenvalue weighted by molar-refractivity contribution is 0.354. The summed E-state index contributed by atoms with van der Waals surface area (Å²) in [5.74, 6) is 1.53. The minimum atomic E-state index is 0. The van der Waals surface area contributed by atoms with E-state index < -0.39 is 0 Å². The summed E-state index contributed by atoms with van der Waals surface area (Å²) in [6, 6.07) is 5.98. The van der Waals surface area contributed by atoms with Crippen LogP contribution in [-0.4, -0.2) is 30.3 Å². The molecule has 0 aliphatic carbocycles. The van der Waals surface area contributed by atoms with Gasteiger partial charge in [-0.05, 0) is 30.7 Å². The number of benzene rings is 1. The Labute approximate surface area is 131 Å². The summed E-state index contributed by atoms with van der Waals surface area (Å²) < 4.78 is 12.6. The highest BCUT2D eigenvalue weighted by Gasteiger charge is 2.03. The van der Waals surface area contributed by atoms with Crippen LogP contribution >= 0.6 is 12.4 Å². The van der Waals surface area contributed by atoms with E-state index in [1.54, 1.807) is 20.4 Å². The molecule has 2 rings (SSSR count). The van der Waals surface area contributed by atoms with Gasteiger partial charge in [-0.15, -0.1) is 12.4 Å². The molecule has 0 atom stereocenters. The first kappa shape index (κ1) is 17.3. The highest BCUT2D eigenvalue weighted by molar-refractivity contribution is 5.85. The number of ether oxygens (including phenoxy) is 2. The molecule has 0 fully saturated rings. The van der Waals surface area contributed by atoms with E-state index in [1.807, 2.05) is 30.7 Å². The zero-order valence-corrected chi connectivity index (χ0v) is 13.2. The number of rotatable bonds is 8. The number of aryl methyl sites for hydroxylation is 1. The van der Waals surface area contributed by atoms with Crippen molar-refractivity contribution in [1.82, 2.24) is 14.9 Å². The second-order valence-electron chi connectivity index (χ2n) is 4.52. The number of hydrogen-bond donors (Lipinski definition) is 1. The number of hydrogen-bond acceptors (Lipinski definition) is 4. The van der Waals surface area contributed by atoms with Crippen molar-refractivity contribution in [2.24, 2.45) is 0 Å². The average molecular weight is 312 g/mol. The summed E-state index contributed by atoms with van der Waals surface area (Å²) in [5, 5.41) is 3.42. The molecule has 1 N–H and O–H groups in total. The van der Waals surface area contributed by atoms with Crippen molar-refractivity contribution >= 4 is 12.4 Å². The third-order valence-corrected chi connectivity index (χ3v) is 3.11. The van der Waals surface area contributed by atoms with Gasteiger partial charge < -0.3 is 19.4 Å². The van der Waals surface area contributed by atoms with Crippen molar-refractivity contribution in [3.05, 3.63) is 42.5 Å². The zero-order chi connectivity index (χ0) is 14.2. The molecule has 0 saturated carbocycles. The molecule has 0 bridgehead atoms. The van der Waals surface area contributed by atoms with E-state index in [9.17, 15) is 0 Å². The van der Waals surface area contributed by atoms with E-state index in [4.69, 9.17) is 9.47 Å². The lowest BCUT2D eigenvalue weighted by Gasteiger charge is -2.10. The molecule has 21 heavy (non-hydrogen) atoms. The molecule has 0 unspecified atom stereocenters. The number of nitrogens with zero attached hydrogens (tertiary/aromatic N) is 2. The van der Waals surface area contributed by atoms with Crippen molar-refractivity contribution in [1.29, 1.82) is 0 Å². The van der Waals surface area contributed by atoms with Crippen molar-refractivity contribution in [2.75, 3.05) is 20.8 Å².